The molecule has 2 heteroatoms. The van der Waals surface area contributed by atoms with E-state index in [1.54, 1.807) is 7.11 Å². The van der Waals surface area contributed by atoms with Gasteiger partial charge in [-0.15, -0.1) is 0 Å². The fraction of sp³-hybridized carbons (Fsp3) is 0.917. The summed E-state index contributed by atoms with van der Waals surface area (Å²) in [7, 11) is 1.74. The maximum absolute atomic E-state index is 5.25. The lowest BCUT2D eigenvalue weighted by molar-refractivity contribution is 0.383. The minimum Gasteiger partial charge on any atom is -0.484 e. The van der Waals surface area contributed by atoms with Crippen molar-refractivity contribution in [2.45, 2.75) is 57.8 Å². The summed E-state index contributed by atoms with van der Waals surface area (Å²) in [6.07, 6.45) is 11.8. The molecule has 0 aromatic heterocycles. The predicted octanol–water partition coefficient (Wildman–Crippen LogP) is 3.56. The molecule has 0 spiro atoms. The fourth-order valence-electron chi connectivity index (χ4n) is 1.90. The largest absolute Gasteiger partial charge is 0.484 e. The molecule has 82 valence electrons. The summed E-state index contributed by atoms with van der Waals surface area (Å²) >= 11 is 0. The molecule has 0 unspecified atom stereocenters. The second-order valence-electron chi connectivity index (χ2n) is 4.06. The molecule has 0 aromatic rings. The van der Waals surface area contributed by atoms with Gasteiger partial charge in [0.2, 0.25) is 0 Å². The van der Waals surface area contributed by atoms with Crippen molar-refractivity contribution in [2.24, 2.45) is 4.99 Å². The molecular weight excluding hydrogens is 174 g/mol. The van der Waals surface area contributed by atoms with Crippen molar-refractivity contribution in [1.82, 2.24) is 0 Å². The minimum absolute atomic E-state index is 0.961. The smallest absolute Gasteiger partial charge is 0.182 e. The van der Waals surface area contributed by atoms with Gasteiger partial charge >= 0.3 is 0 Å². The van der Waals surface area contributed by atoms with Gasteiger partial charge in [0.1, 0.15) is 0 Å². The molecule has 0 aliphatic carbocycles. The summed E-state index contributed by atoms with van der Waals surface area (Å²) in [5, 5.41) is 0. The summed E-state index contributed by atoms with van der Waals surface area (Å²) in [5.74, 6) is 0.963. The summed E-state index contributed by atoms with van der Waals surface area (Å²) < 4.78 is 5.25. The Hall–Kier alpha value is -0.530. The first kappa shape index (κ1) is 11.5. The summed E-state index contributed by atoms with van der Waals surface area (Å²) in [5.41, 5.74) is 0. The number of nitrogens with zero attached hydrogens (tertiary/aromatic N) is 1. The Labute approximate surface area is 87.8 Å². The van der Waals surface area contributed by atoms with Crippen molar-refractivity contribution in [3.05, 3.63) is 0 Å². The fourth-order valence-corrected chi connectivity index (χ4v) is 1.90. The van der Waals surface area contributed by atoms with Crippen molar-refractivity contribution < 1.29 is 4.74 Å². The van der Waals surface area contributed by atoms with Crippen LogP contribution in [0.3, 0.4) is 0 Å². The van der Waals surface area contributed by atoms with E-state index in [-0.39, 0.29) is 0 Å². The molecule has 0 saturated heterocycles. The molecule has 14 heavy (non-hydrogen) atoms. The van der Waals surface area contributed by atoms with Crippen molar-refractivity contribution in [1.29, 1.82) is 0 Å². The molecule has 1 aliphatic heterocycles. The average molecular weight is 197 g/mol. The molecule has 0 atom stereocenters. The van der Waals surface area contributed by atoms with Gasteiger partial charge in [-0.25, -0.2) is 0 Å². The Bertz CT molecular complexity index is 166. The number of methoxy groups -OCH3 is 1. The third-order valence-corrected chi connectivity index (χ3v) is 2.82. The molecule has 0 radical (unpaired) electrons. The Morgan fingerprint density at radius 1 is 0.857 bits per heavy atom. The minimum atomic E-state index is 0.961. The van der Waals surface area contributed by atoms with E-state index in [9.17, 15) is 0 Å². The second-order valence-corrected chi connectivity index (χ2v) is 4.06. The molecule has 0 bridgehead atoms. The van der Waals surface area contributed by atoms with Crippen molar-refractivity contribution in [3.63, 3.8) is 0 Å². The highest BCUT2D eigenvalue weighted by molar-refractivity contribution is 5.75. The maximum atomic E-state index is 5.25. The Balaban J connectivity index is 2.29. The highest BCUT2D eigenvalue weighted by Crippen LogP contribution is 2.11. The zero-order valence-corrected chi connectivity index (χ0v) is 9.43. The molecule has 1 rings (SSSR count). The Morgan fingerprint density at radius 3 is 2.07 bits per heavy atom. The molecule has 0 saturated carbocycles. The number of hydrogen-bond acceptors (Lipinski definition) is 2. The van der Waals surface area contributed by atoms with Crippen LogP contribution in [0.2, 0.25) is 0 Å². The lowest BCUT2D eigenvalue weighted by Crippen LogP contribution is -2.03. The molecule has 1 aliphatic rings. The van der Waals surface area contributed by atoms with E-state index in [1.165, 1.54) is 51.4 Å². The van der Waals surface area contributed by atoms with Gasteiger partial charge in [-0.1, -0.05) is 38.5 Å². The van der Waals surface area contributed by atoms with Gasteiger partial charge < -0.3 is 4.74 Å². The Morgan fingerprint density at radius 2 is 1.43 bits per heavy atom. The summed E-state index contributed by atoms with van der Waals surface area (Å²) in [6.45, 7) is 0.961. The van der Waals surface area contributed by atoms with Crippen LogP contribution >= 0.6 is 0 Å². The van der Waals surface area contributed by atoms with E-state index in [0.717, 1.165) is 18.9 Å². The first-order valence-electron chi connectivity index (χ1n) is 6.01. The van der Waals surface area contributed by atoms with Crippen LogP contribution in [0.4, 0.5) is 0 Å². The van der Waals surface area contributed by atoms with Gasteiger partial charge in [-0.3, -0.25) is 4.99 Å². The van der Waals surface area contributed by atoms with E-state index in [1.807, 2.05) is 0 Å². The van der Waals surface area contributed by atoms with E-state index in [2.05, 4.69) is 4.99 Å². The van der Waals surface area contributed by atoms with Gasteiger partial charge in [0.25, 0.3) is 0 Å². The SMILES string of the molecule is COC1=NCCCCCCCCCC1. The molecule has 0 N–H and O–H groups in total. The van der Waals surface area contributed by atoms with Crippen LogP contribution in [-0.2, 0) is 4.74 Å². The standard InChI is InChI=1S/C12H23NO/c1-14-12-10-8-6-4-2-3-5-7-9-11-13-12/h2-11H2,1H3. The number of ether oxygens (including phenoxy) is 1. The lowest BCUT2D eigenvalue weighted by Gasteiger charge is -2.07. The number of aliphatic imine (C=N–C) groups is 1. The first-order valence-corrected chi connectivity index (χ1v) is 6.01. The Kier molecular flexibility index (Phi) is 6.46. The predicted molar refractivity (Wildman–Crippen MR) is 60.9 cm³/mol. The molecule has 0 amide bonds. The monoisotopic (exact) mass is 197 g/mol. The van der Waals surface area contributed by atoms with E-state index in [0.29, 0.717) is 0 Å². The van der Waals surface area contributed by atoms with Crippen LogP contribution in [0.1, 0.15) is 57.8 Å². The highest BCUT2D eigenvalue weighted by Gasteiger charge is 2.00. The number of hydrogen-bond donors (Lipinski definition) is 0. The van der Waals surface area contributed by atoms with Gasteiger partial charge in [0.05, 0.1) is 7.11 Å². The normalized spacial score (nSPS) is 21.6. The van der Waals surface area contributed by atoms with Crippen molar-refractivity contribution in [3.8, 4) is 0 Å². The topological polar surface area (TPSA) is 21.6 Å². The van der Waals surface area contributed by atoms with Gasteiger partial charge in [0, 0.05) is 13.0 Å². The van der Waals surface area contributed by atoms with Gasteiger partial charge in [0.15, 0.2) is 5.90 Å². The van der Waals surface area contributed by atoms with Crippen molar-refractivity contribution >= 4 is 5.90 Å². The molecule has 0 aromatic carbocycles. The summed E-state index contributed by atoms with van der Waals surface area (Å²) in [4.78, 5) is 4.47. The zero-order chi connectivity index (χ0) is 10.1. The molecule has 0 fully saturated rings. The van der Waals surface area contributed by atoms with Crippen LogP contribution in [0, 0.1) is 0 Å². The van der Waals surface area contributed by atoms with Crippen LogP contribution in [0.5, 0.6) is 0 Å². The van der Waals surface area contributed by atoms with E-state index in [4.69, 9.17) is 4.74 Å². The van der Waals surface area contributed by atoms with E-state index < -0.39 is 0 Å². The first-order chi connectivity index (χ1) is 6.93. The molecular formula is C12H23NO. The van der Waals surface area contributed by atoms with Crippen LogP contribution in [0.25, 0.3) is 0 Å². The van der Waals surface area contributed by atoms with E-state index >= 15 is 0 Å². The van der Waals surface area contributed by atoms with Gasteiger partial charge in [-0.05, 0) is 12.8 Å². The highest BCUT2D eigenvalue weighted by atomic mass is 16.5. The average Bonchev–Trinajstić information content (AvgIpc) is 2.19. The zero-order valence-electron chi connectivity index (χ0n) is 9.43. The molecule has 1 heterocycles. The third kappa shape index (κ3) is 5.25. The van der Waals surface area contributed by atoms with Crippen molar-refractivity contribution in [2.75, 3.05) is 13.7 Å². The van der Waals surface area contributed by atoms with Crippen LogP contribution in [0.15, 0.2) is 4.99 Å². The van der Waals surface area contributed by atoms with Crippen LogP contribution in [-0.4, -0.2) is 19.6 Å². The number of rotatable bonds is 0. The second kappa shape index (κ2) is 7.84. The maximum Gasteiger partial charge on any atom is 0.182 e. The summed E-state index contributed by atoms with van der Waals surface area (Å²) in [6, 6.07) is 0. The van der Waals surface area contributed by atoms with Crippen LogP contribution < -0.4 is 0 Å². The third-order valence-electron chi connectivity index (χ3n) is 2.82. The lowest BCUT2D eigenvalue weighted by atomic mass is 10.1. The quantitative estimate of drug-likeness (QED) is 0.582. The molecule has 2 nitrogen and oxygen atoms in total. The van der Waals surface area contributed by atoms with Gasteiger partial charge in [-0.2, -0.15) is 0 Å².